The van der Waals surface area contributed by atoms with Gasteiger partial charge in [0.2, 0.25) is 5.91 Å². The summed E-state index contributed by atoms with van der Waals surface area (Å²) in [5.74, 6) is 0.348. The van der Waals surface area contributed by atoms with Crippen LogP contribution in [0.25, 0.3) is 0 Å². The molecule has 1 aliphatic heterocycles. The fourth-order valence-corrected chi connectivity index (χ4v) is 3.49. The quantitative estimate of drug-likeness (QED) is 0.845. The first-order valence-corrected chi connectivity index (χ1v) is 9.56. The molecule has 1 atom stereocenters. The average Bonchev–Trinajstić information content (AvgIpc) is 2.73. The van der Waals surface area contributed by atoms with E-state index in [2.05, 4.69) is 10.6 Å². The minimum absolute atomic E-state index is 0.0481. The van der Waals surface area contributed by atoms with Gasteiger partial charge in [-0.1, -0.05) is 55.5 Å². The number of piperidine rings is 1. The second-order valence-corrected chi connectivity index (χ2v) is 7.11. The summed E-state index contributed by atoms with van der Waals surface area (Å²) in [7, 11) is 0. The van der Waals surface area contributed by atoms with E-state index < -0.39 is 0 Å². The fourth-order valence-electron chi connectivity index (χ4n) is 3.49. The van der Waals surface area contributed by atoms with Crippen molar-refractivity contribution in [2.24, 2.45) is 11.8 Å². The molecular weight excluding hydrogens is 338 g/mol. The summed E-state index contributed by atoms with van der Waals surface area (Å²) in [6.45, 7) is 3.91. The number of anilines is 1. The Balaban J connectivity index is 1.43. The van der Waals surface area contributed by atoms with Crippen LogP contribution in [0.2, 0.25) is 0 Å². The van der Waals surface area contributed by atoms with E-state index in [-0.39, 0.29) is 17.9 Å². The molecule has 5 heteroatoms. The predicted molar refractivity (Wildman–Crippen MR) is 107 cm³/mol. The second-order valence-electron chi connectivity index (χ2n) is 7.11. The van der Waals surface area contributed by atoms with Crippen molar-refractivity contribution in [3.8, 4) is 0 Å². The van der Waals surface area contributed by atoms with Crippen molar-refractivity contribution in [1.82, 2.24) is 10.2 Å². The van der Waals surface area contributed by atoms with Crippen molar-refractivity contribution in [1.29, 1.82) is 0 Å². The van der Waals surface area contributed by atoms with Crippen LogP contribution in [0.1, 0.15) is 25.3 Å². The van der Waals surface area contributed by atoms with Crippen LogP contribution in [0.3, 0.4) is 0 Å². The maximum atomic E-state index is 12.5. The number of rotatable bonds is 5. The first-order chi connectivity index (χ1) is 13.1. The summed E-state index contributed by atoms with van der Waals surface area (Å²) in [6.07, 6.45) is 1.70. The van der Waals surface area contributed by atoms with Gasteiger partial charge in [0.25, 0.3) is 0 Å². The molecule has 0 spiro atoms. The largest absolute Gasteiger partial charge is 0.352 e. The number of carbonyl (C=O) groups excluding carboxylic acids is 2. The third-order valence-corrected chi connectivity index (χ3v) is 5.28. The molecule has 1 fully saturated rings. The summed E-state index contributed by atoms with van der Waals surface area (Å²) in [6, 6.07) is 19.3. The molecule has 1 saturated heterocycles. The zero-order valence-electron chi connectivity index (χ0n) is 15.7. The lowest BCUT2D eigenvalue weighted by Gasteiger charge is -2.34. The molecule has 0 aromatic heterocycles. The summed E-state index contributed by atoms with van der Waals surface area (Å²) in [5.41, 5.74) is 1.91. The van der Waals surface area contributed by atoms with Crippen LogP contribution >= 0.6 is 0 Å². The highest BCUT2D eigenvalue weighted by Crippen LogP contribution is 2.25. The number of benzene rings is 2. The first kappa shape index (κ1) is 19.0. The minimum Gasteiger partial charge on any atom is -0.352 e. The zero-order chi connectivity index (χ0) is 19.1. The highest BCUT2D eigenvalue weighted by atomic mass is 16.2. The molecule has 3 amide bonds. The molecule has 0 radical (unpaired) electrons. The van der Waals surface area contributed by atoms with Gasteiger partial charge in [-0.2, -0.15) is 0 Å². The first-order valence-electron chi connectivity index (χ1n) is 9.56. The molecule has 0 saturated carbocycles. The summed E-state index contributed by atoms with van der Waals surface area (Å²) in [5, 5.41) is 5.96. The molecule has 0 aliphatic carbocycles. The van der Waals surface area contributed by atoms with Gasteiger partial charge in [0.15, 0.2) is 0 Å². The van der Waals surface area contributed by atoms with Crippen molar-refractivity contribution < 1.29 is 9.59 Å². The summed E-state index contributed by atoms with van der Waals surface area (Å²) in [4.78, 5) is 26.7. The van der Waals surface area contributed by atoms with Gasteiger partial charge in [0, 0.05) is 31.2 Å². The molecule has 0 unspecified atom stereocenters. The molecule has 142 valence electrons. The number of urea groups is 1. The van der Waals surface area contributed by atoms with Gasteiger partial charge in [-0.15, -0.1) is 0 Å². The van der Waals surface area contributed by atoms with Gasteiger partial charge in [0.05, 0.1) is 0 Å². The average molecular weight is 365 g/mol. The molecule has 0 bridgehead atoms. The molecular formula is C22H27N3O2. The Morgan fingerprint density at radius 3 is 2.22 bits per heavy atom. The molecule has 5 nitrogen and oxygen atoms in total. The van der Waals surface area contributed by atoms with Crippen molar-refractivity contribution in [2.75, 3.05) is 18.4 Å². The molecule has 2 aromatic carbocycles. The Labute approximate surface area is 160 Å². The van der Waals surface area contributed by atoms with E-state index >= 15 is 0 Å². The molecule has 27 heavy (non-hydrogen) atoms. The molecule has 1 aliphatic rings. The van der Waals surface area contributed by atoms with Crippen molar-refractivity contribution in [3.63, 3.8) is 0 Å². The van der Waals surface area contributed by atoms with Crippen LogP contribution in [-0.4, -0.2) is 29.9 Å². The topological polar surface area (TPSA) is 61.4 Å². The summed E-state index contributed by atoms with van der Waals surface area (Å²) < 4.78 is 0. The Kier molecular flexibility index (Phi) is 6.47. The van der Waals surface area contributed by atoms with Crippen molar-refractivity contribution in [3.05, 3.63) is 66.2 Å². The number of likely N-dealkylation sites (tertiary alicyclic amines) is 1. The van der Waals surface area contributed by atoms with E-state index in [0.29, 0.717) is 25.6 Å². The number of carbonyl (C=O) groups is 2. The number of amides is 3. The van der Waals surface area contributed by atoms with Crippen molar-refractivity contribution >= 4 is 17.6 Å². The SMILES string of the molecule is C[C@@H](C(=O)NCc1ccccc1)C1CCN(C(=O)Nc2ccccc2)CC1. The zero-order valence-corrected chi connectivity index (χ0v) is 15.7. The van der Waals surface area contributed by atoms with Gasteiger partial charge in [-0.25, -0.2) is 4.79 Å². The maximum absolute atomic E-state index is 12.5. The lowest BCUT2D eigenvalue weighted by Crippen LogP contribution is -2.44. The van der Waals surface area contributed by atoms with Crippen LogP contribution in [0, 0.1) is 11.8 Å². The van der Waals surface area contributed by atoms with Crippen LogP contribution < -0.4 is 10.6 Å². The number of para-hydroxylation sites is 1. The highest BCUT2D eigenvalue weighted by molar-refractivity contribution is 5.89. The lowest BCUT2D eigenvalue weighted by atomic mass is 9.85. The Morgan fingerprint density at radius 1 is 1.00 bits per heavy atom. The number of nitrogens with zero attached hydrogens (tertiary/aromatic N) is 1. The standard InChI is InChI=1S/C22H27N3O2/c1-17(21(26)23-16-18-8-4-2-5-9-18)19-12-14-25(15-13-19)22(27)24-20-10-6-3-7-11-20/h2-11,17,19H,12-16H2,1H3,(H,23,26)(H,24,27)/t17-/m1/s1. The van der Waals surface area contributed by atoms with Gasteiger partial charge < -0.3 is 15.5 Å². The predicted octanol–water partition coefficient (Wildman–Crippen LogP) is 3.88. The van der Waals surface area contributed by atoms with Gasteiger partial charge in [0.1, 0.15) is 0 Å². The van der Waals surface area contributed by atoms with E-state index in [1.807, 2.05) is 72.5 Å². The van der Waals surface area contributed by atoms with Crippen LogP contribution in [0.5, 0.6) is 0 Å². The smallest absolute Gasteiger partial charge is 0.321 e. The Morgan fingerprint density at radius 2 is 1.59 bits per heavy atom. The normalized spacial score (nSPS) is 15.8. The lowest BCUT2D eigenvalue weighted by molar-refractivity contribution is -0.126. The van der Waals surface area contributed by atoms with E-state index in [1.54, 1.807) is 0 Å². The monoisotopic (exact) mass is 365 g/mol. The van der Waals surface area contributed by atoms with Crippen LogP contribution in [-0.2, 0) is 11.3 Å². The highest BCUT2D eigenvalue weighted by Gasteiger charge is 2.29. The van der Waals surface area contributed by atoms with E-state index in [0.717, 1.165) is 24.1 Å². The van der Waals surface area contributed by atoms with E-state index in [4.69, 9.17) is 0 Å². The van der Waals surface area contributed by atoms with Gasteiger partial charge >= 0.3 is 6.03 Å². The number of hydrogen-bond donors (Lipinski definition) is 2. The molecule has 2 N–H and O–H groups in total. The number of hydrogen-bond acceptors (Lipinski definition) is 2. The maximum Gasteiger partial charge on any atom is 0.321 e. The second kappa shape index (κ2) is 9.21. The van der Waals surface area contributed by atoms with Crippen LogP contribution in [0.15, 0.2) is 60.7 Å². The molecule has 2 aromatic rings. The third kappa shape index (κ3) is 5.33. The number of nitrogens with one attached hydrogen (secondary N) is 2. The molecule has 1 heterocycles. The van der Waals surface area contributed by atoms with Gasteiger partial charge in [-0.05, 0) is 36.5 Å². The summed E-state index contributed by atoms with van der Waals surface area (Å²) >= 11 is 0. The third-order valence-electron chi connectivity index (χ3n) is 5.28. The van der Waals surface area contributed by atoms with E-state index in [9.17, 15) is 9.59 Å². The Hall–Kier alpha value is -2.82. The van der Waals surface area contributed by atoms with Crippen LogP contribution in [0.4, 0.5) is 10.5 Å². The fraction of sp³-hybridized carbons (Fsp3) is 0.364. The minimum atomic E-state index is -0.0687. The molecule has 3 rings (SSSR count). The Bertz CT molecular complexity index is 741. The van der Waals surface area contributed by atoms with E-state index in [1.165, 1.54) is 0 Å². The van der Waals surface area contributed by atoms with Crippen molar-refractivity contribution in [2.45, 2.75) is 26.3 Å². The van der Waals surface area contributed by atoms with Gasteiger partial charge in [-0.3, -0.25) is 4.79 Å².